The van der Waals surface area contributed by atoms with Gasteiger partial charge in [-0.25, -0.2) is 0 Å². The molecular formula is C7H6N2O2. The number of nitrogens with zero attached hydrogens (tertiary/aromatic N) is 2. The third-order valence-corrected chi connectivity index (χ3v) is 5.16. The van der Waals surface area contributed by atoms with Gasteiger partial charge in [0.1, 0.15) is 0 Å². The minimum atomic E-state index is -0.352. The molecule has 11 heavy (non-hydrogen) atoms. The van der Waals surface area contributed by atoms with Gasteiger partial charge in [0.2, 0.25) is 5.54 Å². The van der Waals surface area contributed by atoms with Crippen molar-refractivity contribution in [2.45, 2.75) is 23.7 Å². The lowest BCUT2D eigenvalue weighted by atomic mass is 9.13. The second-order valence-electron chi connectivity index (χ2n) is 4.64. The molecule has 0 radical (unpaired) electrons. The van der Waals surface area contributed by atoms with E-state index in [1.165, 1.54) is 0 Å². The van der Waals surface area contributed by atoms with E-state index in [1.807, 2.05) is 0 Å². The maximum Gasteiger partial charge on any atom is 0.239 e. The predicted molar refractivity (Wildman–Crippen MR) is 33.4 cm³/mol. The van der Waals surface area contributed by atoms with Crippen molar-refractivity contribution >= 4 is 0 Å². The number of piperidine rings is 12. The monoisotopic (exact) mass is 150 g/mol. The highest BCUT2D eigenvalue weighted by molar-refractivity contribution is 5.56. The van der Waals surface area contributed by atoms with Crippen LogP contribution in [0.25, 0.3) is 0 Å². The van der Waals surface area contributed by atoms with E-state index in [1.54, 1.807) is 0 Å². The lowest BCUT2D eigenvalue weighted by molar-refractivity contribution is -0.767. The Morgan fingerprint density at radius 2 is 1.64 bits per heavy atom. The van der Waals surface area contributed by atoms with Gasteiger partial charge in [0.05, 0.1) is 17.8 Å². The van der Waals surface area contributed by atoms with Gasteiger partial charge < -0.3 is 0 Å². The summed E-state index contributed by atoms with van der Waals surface area (Å²) in [5.74, 6) is 1.49. The summed E-state index contributed by atoms with van der Waals surface area (Å²) in [6, 6.07) is 2.04. The minimum Gasteiger partial charge on any atom is -0.291 e. The third kappa shape index (κ3) is 0.144. The Labute approximate surface area is 62.3 Å². The number of rotatable bonds is 1. The fourth-order valence-corrected chi connectivity index (χ4v) is 5.00. The normalized spacial score (nSPS) is 83.3. The van der Waals surface area contributed by atoms with E-state index < -0.39 is 0 Å². The molecule has 4 heteroatoms. The van der Waals surface area contributed by atoms with Crippen molar-refractivity contribution in [2.75, 3.05) is 0 Å². The molecule has 3 aliphatic heterocycles. The van der Waals surface area contributed by atoms with Crippen LogP contribution in [0, 0.1) is 27.9 Å². The van der Waals surface area contributed by atoms with Crippen LogP contribution in [-0.4, -0.2) is 33.5 Å². The Morgan fingerprint density at radius 1 is 1.18 bits per heavy atom. The molecule has 6 aliphatic rings. The molecular weight excluding hydrogens is 144 g/mol. The molecule has 0 spiro atoms. The van der Waals surface area contributed by atoms with Crippen molar-refractivity contribution in [1.29, 1.82) is 0 Å². The summed E-state index contributed by atoms with van der Waals surface area (Å²) in [5, 5.41) is 10.8. The molecule has 0 N–H and O–H groups in total. The van der Waals surface area contributed by atoms with Gasteiger partial charge in [0.25, 0.3) is 0 Å². The molecule has 4 nitrogen and oxygen atoms in total. The Bertz CT molecular complexity index is 289. The zero-order valence-electron chi connectivity index (χ0n) is 5.68. The summed E-state index contributed by atoms with van der Waals surface area (Å²) in [6.07, 6.45) is 0. The van der Waals surface area contributed by atoms with Crippen LogP contribution in [0.15, 0.2) is 0 Å². The highest BCUT2D eigenvalue weighted by Gasteiger charge is 3.11. The fourth-order valence-electron chi connectivity index (χ4n) is 5.00. The Kier molecular flexibility index (Phi) is 0.304. The van der Waals surface area contributed by atoms with Gasteiger partial charge in [0, 0.05) is 23.0 Å². The van der Waals surface area contributed by atoms with E-state index in [2.05, 4.69) is 4.90 Å². The fraction of sp³-hybridized carbons (Fsp3) is 1.00. The van der Waals surface area contributed by atoms with Crippen molar-refractivity contribution in [1.82, 2.24) is 4.90 Å². The average molecular weight is 150 g/mol. The highest BCUT2D eigenvalue weighted by atomic mass is 16.6. The molecule has 0 unspecified atom stereocenters. The first-order valence-electron chi connectivity index (χ1n) is 4.23. The molecule has 0 amide bonds. The van der Waals surface area contributed by atoms with Crippen molar-refractivity contribution in [3.63, 3.8) is 0 Å². The van der Waals surface area contributed by atoms with E-state index in [-0.39, 0.29) is 10.5 Å². The zero-order valence-corrected chi connectivity index (χ0v) is 5.68. The van der Waals surface area contributed by atoms with E-state index in [4.69, 9.17) is 0 Å². The molecule has 3 aliphatic carbocycles. The maximum absolute atomic E-state index is 10.8. The lowest BCUT2D eigenvalue weighted by Gasteiger charge is -3.02. The van der Waals surface area contributed by atoms with Crippen molar-refractivity contribution in [2.24, 2.45) is 17.8 Å². The van der Waals surface area contributed by atoms with Crippen molar-refractivity contribution < 1.29 is 4.92 Å². The van der Waals surface area contributed by atoms with Gasteiger partial charge in [-0.1, -0.05) is 0 Å². The van der Waals surface area contributed by atoms with Crippen molar-refractivity contribution in [3.8, 4) is 0 Å². The van der Waals surface area contributed by atoms with Gasteiger partial charge in [-0.05, 0) is 0 Å². The topological polar surface area (TPSA) is 46.4 Å². The summed E-state index contributed by atoms with van der Waals surface area (Å²) < 4.78 is 0. The summed E-state index contributed by atoms with van der Waals surface area (Å²) >= 11 is 0. The van der Waals surface area contributed by atoms with Gasteiger partial charge in [0.15, 0.2) is 0 Å². The number of nitro groups is 1. The van der Waals surface area contributed by atoms with Gasteiger partial charge >= 0.3 is 0 Å². The first-order chi connectivity index (χ1) is 5.31. The molecule has 3 heterocycles. The average Bonchev–Trinajstić information content (AvgIpc) is 2.05. The zero-order chi connectivity index (χ0) is 7.12. The van der Waals surface area contributed by atoms with Crippen LogP contribution in [0.3, 0.4) is 0 Å². The van der Waals surface area contributed by atoms with E-state index >= 15 is 0 Å². The number of hydrogen-bond donors (Lipinski definition) is 0. The molecule has 56 valence electrons. The molecule has 0 aromatic heterocycles. The largest absolute Gasteiger partial charge is 0.291 e. The standard InChI is InChI=1S/C7H6N2O2/c10-9(11)7-1-4-2(7)6-3(7)5(1)8(4)6/h1-6H. The summed E-state index contributed by atoms with van der Waals surface area (Å²) in [4.78, 5) is 13.3. The molecule has 6 rings (SSSR count). The maximum atomic E-state index is 10.8. The number of hydrogen-bond acceptors (Lipinski definition) is 3. The Morgan fingerprint density at radius 3 is 1.91 bits per heavy atom. The van der Waals surface area contributed by atoms with E-state index in [9.17, 15) is 10.1 Å². The van der Waals surface area contributed by atoms with Crippen LogP contribution in [0.5, 0.6) is 0 Å². The van der Waals surface area contributed by atoms with Crippen LogP contribution in [-0.2, 0) is 0 Å². The highest BCUT2D eigenvalue weighted by Crippen LogP contribution is 2.92. The van der Waals surface area contributed by atoms with Gasteiger partial charge in [-0.2, -0.15) is 0 Å². The van der Waals surface area contributed by atoms with E-state index in [0.717, 1.165) is 0 Å². The molecule has 0 bridgehead atoms. The first kappa shape index (κ1) is 4.40. The quantitative estimate of drug-likeness (QED) is 0.367. The molecule has 0 atom stereocenters. The van der Waals surface area contributed by atoms with Crippen LogP contribution in [0.2, 0.25) is 0 Å². The molecule has 0 aromatic rings. The molecule has 3 saturated carbocycles. The van der Waals surface area contributed by atoms with Crippen molar-refractivity contribution in [3.05, 3.63) is 10.1 Å². The van der Waals surface area contributed by atoms with Crippen LogP contribution in [0.4, 0.5) is 0 Å². The van der Waals surface area contributed by atoms with Crippen LogP contribution >= 0.6 is 0 Å². The molecule has 3 saturated heterocycles. The second-order valence-corrected chi connectivity index (χ2v) is 4.64. The Balaban J connectivity index is 1.78. The smallest absolute Gasteiger partial charge is 0.239 e. The summed E-state index contributed by atoms with van der Waals surface area (Å²) in [7, 11) is 0. The molecule has 0 aromatic carbocycles. The third-order valence-electron chi connectivity index (χ3n) is 5.16. The van der Waals surface area contributed by atoms with Crippen LogP contribution in [0.1, 0.15) is 0 Å². The SMILES string of the molecule is O=[N+]([O-])C12C3C4C1C1C2C3N41. The van der Waals surface area contributed by atoms with Gasteiger partial charge in [-0.3, -0.25) is 15.0 Å². The first-order valence-corrected chi connectivity index (χ1v) is 4.23. The second kappa shape index (κ2) is 0.759. The minimum absolute atomic E-state index is 0.0347. The summed E-state index contributed by atoms with van der Waals surface area (Å²) in [6.45, 7) is 0. The van der Waals surface area contributed by atoms with E-state index in [0.29, 0.717) is 35.9 Å². The molecule has 6 fully saturated rings. The predicted octanol–water partition coefficient (Wildman–Crippen LogP) is -0.674. The summed E-state index contributed by atoms with van der Waals surface area (Å²) in [5.41, 5.74) is -0.352. The van der Waals surface area contributed by atoms with Gasteiger partial charge in [-0.15, -0.1) is 0 Å². The lowest BCUT2D eigenvalue weighted by Crippen LogP contribution is -3.20. The van der Waals surface area contributed by atoms with Crippen LogP contribution < -0.4 is 0 Å². The Hall–Kier alpha value is -0.640.